The first kappa shape index (κ1) is 16.3. The lowest BCUT2D eigenvalue weighted by Gasteiger charge is -2.28. The molecule has 7 heteroatoms. The summed E-state index contributed by atoms with van der Waals surface area (Å²) in [4.78, 5) is 11.1. The molecule has 1 saturated heterocycles. The summed E-state index contributed by atoms with van der Waals surface area (Å²) in [6.07, 6.45) is -3.50. The number of nitrogens with zero attached hydrogens (tertiary/aromatic N) is 2. The molecule has 0 unspecified atom stereocenters. The highest BCUT2D eigenvalue weighted by atomic mass is 19.4. The second-order valence-electron chi connectivity index (χ2n) is 5.24. The summed E-state index contributed by atoms with van der Waals surface area (Å²) in [5.74, 6) is -0.374. The summed E-state index contributed by atoms with van der Waals surface area (Å²) in [5, 5.41) is 9.68. The smallest absolute Gasteiger partial charge is 0.288 e. The van der Waals surface area contributed by atoms with Gasteiger partial charge in [0.05, 0.1) is 11.6 Å². The molecular formula is C15H16F3N3O. The van der Waals surface area contributed by atoms with E-state index in [1.165, 1.54) is 0 Å². The molecule has 0 radical (unpaired) electrons. The van der Waals surface area contributed by atoms with Crippen molar-refractivity contribution in [3.63, 3.8) is 0 Å². The van der Waals surface area contributed by atoms with Crippen molar-refractivity contribution in [3.8, 4) is 6.07 Å². The highest BCUT2D eigenvalue weighted by Gasteiger charge is 2.45. The summed E-state index contributed by atoms with van der Waals surface area (Å²) >= 11 is 0. The molecule has 1 heterocycles. The Morgan fingerprint density at radius 1 is 1.32 bits per heavy atom. The van der Waals surface area contributed by atoms with Crippen LogP contribution in [0.1, 0.15) is 30.4 Å². The Labute approximate surface area is 126 Å². The van der Waals surface area contributed by atoms with Crippen molar-refractivity contribution in [2.45, 2.75) is 37.9 Å². The monoisotopic (exact) mass is 311 g/mol. The zero-order chi connectivity index (χ0) is 16.2. The van der Waals surface area contributed by atoms with Crippen LogP contribution in [0.2, 0.25) is 0 Å². The van der Waals surface area contributed by atoms with E-state index in [1.54, 1.807) is 24.3 Å². The van der Waals surface area contributed by atoms with Gasteiger partial charge in [-0.25, -0.2) is 5.01 Å². The average molecular weight is 311 g/mol. The minimum atomic E-state index is -4.37. The van der Waals surface area contributed by atoms with Gasteiger partial charge in [-0.2, -0.15) is 18.4 Å². The highest BCUT2D eigenvalue weighted by Crippen LogP contribution is 2.29. The predicted octanol–water partition coefficient (Wildman–Crippen LogP) is 2.55. The summed E-state index contributed by atoms with van der Waals surface area (Å²) < 4.78 is 39.3. The number of carbonyl (C=O) groups is 1. The van der Waals surface area contributed by atoms with E-state index in [0.717, 1.165) is 10.6 Å². The van der Waals surface area contributed by atoms with E-state index in [0.29, 0.717) is 18.4 Å². The molecule has 22 heavy (non-hydrogen) atoms. The largest absolute Gasteiger partial charge is 0.405 e. The lowest BCUT2D eigenvalue weighted by molar-refractivity contribution is -0.190. The van der Waals surface area contributed by atoms with Crippen LogP contribution in [0.4, 0.5) is 13.2 Å². The minimum absolute atomic E-state index is 0.0796. The molecule has 0 aromatic heterocycles. The number of nitriles is 1. The second-order valence-corrected chi connectivity index (χ2v) is 5.24. The lowest BCUT2D eigenvalue weighted by Crippen LogP contribution is -2.49. The molecule has 1 aliphatic heterocycles. The molecule has 1 aromatic rings. The number of hydrogen-bond acceptors (Lipinski definition) is 3. The van der Waals surface area contributed by atoms with E-state index in [1.807, 2.05) is 6.07 Å². The van der Waals surface area contributed by atoms with Crippen LogP contribution >= 0.6 is 0 Å². The number of rotatable bonds is 5. The quantitative estimate of drug-likeness (QED) is 0.909. The summed E-state index contributed by atoms with van der Waals surface area (Å²) in [6.45, 7) is 0.0832. The van der Waals surface area contributed by atoms with Gasteiger partial charge in [0.15, 0.2) is 0 Å². The first-order chi connectivity index (χ1) is 10.4. The molecule has 1 aromatic carbocycles. The predicted molar refractivity (Wildman–Crippen MR) is 73.4 cm³/mol. The number of hydrazine groups is 1. The lowest BCUT2D eigenvalue weighted by atomic mass is 10.0. The van der Waals surface area contributed by atoms with Crippen LogP contribution < -0.4 is 5.43 Å². The topological polar surface area (TPSA) is 56.1 Å². The van der Waals surface area contributed by atoms with Crippen molar-refractivity contribution in [1.29, 1.82) is 5.26 Å². The molecule has 0 saturated carbocycles. The molecule has 4 nitrogen and oxygen atoms in total. The zero-order valence-corrected chi connectivity index (χ0v) is 11.9. The van der Waals surface area contributed by atoms with E-state index in [4.69, 9.17) is 5.26 Å². The third kappa shape index (κ3) is 4.21. The van der Waals surface area contributed by atoms with E-state index < -0.39 is 12.2 Å². The fourth-order valence-electron chi connectivity index (χ4n) is 2.47. The fourth-order valence-corrected chi connectivity index (χ4v) is 2.47. The van der Waals surface area contributed by atoms with Crippen molar-refractivity contribution in [1.82, 2.24) is 10.4 Å². The molecule has 2 rings (SSSR count). The summed E-state index contributed by atoms with van der Waals surface area (Å²) in [7, 11) is 0. The van der Waals surface area contributed by atoms with Crippen LogP contribution in [-0.2, 0) is 11.2 Å². The number of benzene rings is 1. The molecule has 1 fully saturated rings. The fraction of sp³-hybridized carbons (Fsp3) is 0.467. The van der Waals surface area contributed by atoms with E-state index in [2.05, 4.69) is 5.43 Å². The van der Waals surface area contributed by atoms with Gasteiger partial charge in [0.2, 0.25) is 5.91 Å². The van der Waals surface area contributed by atoms with Crippen LogP contribution in [0, 0.1) is 11.3 Å². The van der Waals surface area contributed by atoms with Gasteiger partial charge in [0.1, 0.15) is 6.04 Å². The maximum Gasteiger partial charge on any atom is 0.405 e. The normalized spacial score (nSPS) is 17.1. The van der Waals surface area contributed by atoms with Crippen molar-refractivity contribution in [3.05, 3.63) is 35.4 Å². The maximum absolute atomic E-state index is 13.1. The Balaban J connectivity index is 1.91. The number of nitrogens with one attached hydrogen (secondary N) is 1. The Morgan fingerprint density at radius 3 is 2.50 bits per heavy atom. The van der Waals surface area contributed by atoms with Crippen molar-refractivity contribution in [2.24, 2.45) is 0 Å². The van der Waals surface area contributed by atoms with Gasteiger partial charge in [-0.15, -0.1) is 0 Å². The van der Waals surface area contributed by atoms with Crippen LogP contribution in [0.3, 0.4) is 0 Å². The molecule has 0 bridgehead atoms. The SMILES string of the molecule is N#Cc1ccc(CCC[C@H](N2CCC(=O)N2)C(F)(F)F)cc1. The van der Waals surface area contributed by atoms with Crippen molar-refractivity contribution >= 4 is 5.91 Å². The molecule has 118 valence electrons. The van der Waals surface area contributed by atoms with Crippen LogP contribution in [0.5, 0.6) is 0 Å². The number of amides is 1. The van der Waals surface area contributed by atoms with Gasteiger partial charge in [0, 0.05) is 13.0 Å². The Hall–Kier alpha value is -2.07. The van der Waals surface area contributed by atoms with Gasteiger partial charge in [0.25, 0.3) is 0 Å². The Morgan fingerprint density at radius 2 is 2.00 bits per heavy atom. The molecule has 0 aliphatic carbocycles. The van der Waals surface area contributed by atoms with E-state index >= 15 is 0 Å². The zero-order valence-electron chi connectivity index (χ0n) is 11.9. The number of alkyl halides is 3. The molecule has 1 N–H and O–H groups in total. The summed E-state index contributed by atoms with van der Waals surface area (Å²) in [5.41, 5.74) is 3.68. The third-order valence-electron chi connectivity index (χ3n) is 3.63. The maximum atomic E-state index is 13.1. The van der Waals surface area contributed by atoms with Crippen LogP contribution in [0.25, 0.3) is 0 Å². The third-order valence-corrected chi connectivity index (χ3v) is 3.63. The van der Waals surface area contributed by atoms with Gasteiger partial charge in [-0.1, -0.05) is 12.1 Å². The van der Waals surface area contributed by atoms with Gasteiger partial charge in [-0.3, -0.25) is 10.2 Å². The number of carbonyl (C=O) groups excluding carboxylic acids is 1. The molecule has 1 aliphatic rings. The average Bonchev–Trinajstić information content (AvgIpc) is 2.89. The van der Waals surface area contributed by atoms with Gasteiger partial charge < -0.3 is 0 Å². The summed E-state index contributed by atoms with van der Waals surface area (Å²) in [6, 6.07) is 7.14. The first-order valence-electron chi connectivity index (χ1n) is 7.02. The van der Waals surface area contributed by atoms with Gasteiger partial charge in [-0.05, 0) is 37.0 Å². The van der Waals surface area contributed by atoms with Gasteiger partial charge >= 0.3 is 6.18 Å². The van der Waals surface area contributed by atoms with Crippen molar-refractivity contribution < 1.29 is 18.0 Å². The number of hydrogen-bond donors (Lipinski definition) is 1. The standard InChI is InChI=1S/C15H16F3N3O/c16-15(17,18)13(21-9-8-14(22)20-21)3-1-2-11-4-6-12(10-19)7-5-11/h4-7,13H,1-3,8-9H2,(H,20,22)/t13-/m0/s1. The molecule has 1 atom stereocenters. The highest BCUT2D eigenvalue weighted by molar-refractivity contribution is 5.77. The Bertz CT molecular complexity index is 563. The van der Waals surface area contributed by atoms with Crippen LogP contribution in [-0.4, -0.2) is 29.7 Å². The molecular weight excluding hydrogens is 295 g/mol. The minimum Gasteiger partial charge on any atom is -0.288 e. The first-order valence-corrected chi connectivity index (χ1v) is 7.02. The van der Waals surface area contributed by atoms with Crippen LogP contribution in [0.15, 0.2) is 24.3 Å². The van der Waals surface area contributed by atoms with Crippen molar-refractivity contribution in [2.75, 3.05) is 6.54 Å². The van der Waals surface area contributed by atoms with E-state index in [-0.39, 0.29) is 25.3 Å². The number of aryl methyl sites for hydroxylation is 1. The molecule has 0 spiro atoms. The second kappa shape index (κ2) is 6.79. The number of halogens is 3. The Kier molecular flexibility index (Phi) is 5.03. The molecule has 1 amide bonds. The van der Waals surface area contributed by atoms with E-state index in [9.17, 15) is 18.0 Å².